The van der Waals surface area contributed by atoms with Crippen molar-refractivity contribution in [2.75, 3.05) is 0 Å². The highest BCUT2D eigenvalue weighted by Crippen LogP contribution is 2.20. The number of hydrogen-bond donors (Lipinski definition) is 1. The molecule has 0 amide bonds. The Kier molecular flexibility index (Phi) is 5.13. The molecule has 0 aliphatic carbocycles. The molecule has 0 heterocycles. The van der Waals surface area contributed by atoms with Crippen LogP contribution in [0.4, 0.5) is 8.78 Å². The first-order chi connectivity index (χ1) is 9.79. The van der Waals surface area contributed by atoms with Crippen LogP contribution < -0.4 is 4.72 Å². The molecule has 0 aromatic heterocycles. The Hall–Kier alpha value is -0.830. The van der Waals surface area contributed by atoms with Crippen LogP contribution in [0.15, 0.2) is 50.2 Å². The molecule has 0 aliphatic rings. The normalized spacial score (nSPS) is 11.6. The molecule has 1 N–H and O–H groups in total. The molecule has 0 aliphatic heterocycles. The molecule has 21 heavy (non-hydrogen) atoms. The molecule has 0 fully saturated rings. The molecule has 0 unspecified atom stereocenters. The van der Waals surface area contributed by atoms with Crippen LogP contribution >= 0.6 is 31.9 Å². The minimum absolute atomic E-state index is 0.166. The lowest BCUT2D eigenvalue weighted by Gasteiger charge is -2.08. The van der Waals surface area contributed by atoms with E-state index in [1.165, 1.54) is 30.3 Å². The van der Waals surface area contributed by atoms with Gasteiger partial charge in [0, 0.05) is 16.6 Å². The number of hydrogen-bond acceptors (Lipinski definition) is 2. The van der Waals surface area contributed by atoms with E-state index < -0.39 is 21.7 Å². The standard InChI is InChI=1S/C13H9Br2F2NO2S/c14-9-1-4-12(16)8(5-9)7-18-21(19,20)10-2-3-11(15)13(17)6-10/h1-6,18H,7H2. The van der Waals surface area contributed by atoms with Gasteiger partial charge in [0.05, 0.1) is 9.37 Å². The maximum Gasteiger partial charge on any atom is 0.240 e. The first-order valence-corrected chi connectivity index (χ1v) is 8.75. The van der Waals surface area contributed by atoms with Crippen molar-refractivity contribution in [1.82, 2.24) is 4.72 Å². The lowest BCUT2D eigenvalue weighted by molar-refractivity contribution is 0.570. The summed E-state index contributed by atoms with van der Waals surface area (Å²) < 4.78 is 54.0. The molecular weight excluding hydrogens is 432 g/mol. The Morgan fingerprint density at radius 3 is 2.38 bits per heavy atom. The summed E-state index contributed by atoms with van der Waals surface area (Å²) in [7, 11) is -3.92. The van der Waals surface area contributed by atoms with Gasteiger partial charge in [-0.2, -0.15) is 0 Å². The van der Waals surface area contributed by atoms with E-state index in [9.17, 15) is 17.2 Å². The number of sulfonamides is 1. The summed E-state index contributed by atoms with van der Waals surface area (Å²) >= 11 is 6.12. The molecule has 112 valence electrons. The lowest BCUT2D eigenvalue weighted by Crippen LogP contribution is -2.23. The largest absolute Gasteiger partial charge is 0.240 e. The Balaban J connectivity index is 2.21. The van der Waals surface area contributed by atoms with Crippen molar-refractivity contribution < 1.29 is 17.2 Å². The Labute approximate surface area is 137 Å². The van der Waals surface area contributed by atoms with Gasteiger partial charge in [0.25, 0.3) is 0 Å². The van der Waals surface area contributed by atoms with Crippen molar-refractivity contribution in [2.24, 2.45) is 0 Å². The van der Waals surface area contributed by atoms with Crippen molar-refractivity contribution in [3.8, 4) is 0 Å². The van der Waals surface area contributed by atoms with Gasteiger partial charge in [-0.15, -0.1) is 0 Å². The van der Waals surface area contributed by atoms with Crippen LogP contribution in [0.5, 0.6) is 0 Å². The van der Waals surface area contributed by atoms with Gasteiger partial charge in [-0.1, -0.05) is 15.9 Å². The monoisotopic (exact) mass is 439 g/mol. The maximum absolute atomic E-state index is 13.5. The van der Waals surface area contributed by atoms with E-state index in [0.717, 1.165) is 6.07 Å². The zero-order chi connectivity index (χ0) is 15.6. The van der Waals surface area contributed by atoms with E-state index in [4.69, 9.17) is 0 Å². The highest BCUT2D eigenvalue weighted by Gasteiger charge is 2.16. The predicted molar refractivity (Wildman–Crippen MR) is 82.2 cm³/mol. The van der Waals surface area contributed by atoms with Crippen molar-refractivity contribution in [3.63, 3.8) is 0 Å². The second kappa shape index (κ2) is 6.51. The average Bonchev–Trinajstić information content (AvgIpc) is 2.43. The van der Waals surface area contributed by atoms with Crippen LogP contribution in [0.1, 0.15) is 5.56 Å². The fraction of sp³-hybridized carbons (Fsp3) is 0.0769. The molecule has 0 radical (unpaired) electrons. The average molecular weight is 441 g/mol. The zero-order valence-electron chi connectivity index (χ0n) is 10.4. The van der Waals surface area contributed by atoms with E-state index in [-0.39, 0.29) is 21.5 Å². The minimum Gasteiger partial charge on any atom is -0.207 e. The van der Waals surface area contributed by atoms with Gasteiger partial charge >= 0.3 is 0 Å². The smallest absolute Gasteiger partial charge is 0.207 e. The minimum atomic E-state index is -3.92. The van der Waals surface area contributed by atoms with E-state index in [1.54, 1.807) is 0 Å². The first-order valence-electron chi connectivity index (χ1n) is 5.68. The maximum atomic E-state index is 13.5. The van der Waals surface area contributed by atoms with E-state index in [1.807, 2.05) is 0 Å². The molecule has 0 saturated carbocycles. The van der Waals surface area contributed by atoms with E-state index >= 15 is 0 Å². The summed E-state index contributed by atoms with van der Waals surface area (Å²) in [5.74, 6) is -1.21. The summed E-state index contributed by atoms with van der Waals surface area (Å²) in [6, 6.07) is 7.66. The summed E-state index contributed by atoms with van der Waals surface area (Å²) in [4.78, 5) is -0.224. The van der Waals surface area contributed by atoms with Gasteiger partial charge in [0.15, 0.2) is 0 Å². The Morgan fingerprint density at radius 2 is 1.71 bits per heavy atom. The highest BCUT2D eigenvalue weighted by atomic mass is 79.9. The Bertz CT molecular complexity index is 782. The molecule has 0 atom stereocenters. The van der Waals surface area contributed by atoms with Crippen LogP contribution in [0.25, 0.3) is 0 Å². The predicted octanol–water partition coefficient (Wildman–Crippen LogP) is 3.97. The van der Waals surface area contributed by atoms with Crippen molar-refractivity contribution in [2.45, 2.75) is 11.4 Å². The summed E-state index contributed by atoms with van der Waals surface area (Å²) in [5.41, 5.74) is 0.186. The number of nitrogens with one attached hydrogen (secondary N) is 1. The van der Waals surface area contributed by atoms with Gasteiger partial charge in [-0.05, 0) is 52.3 Å². The zero-order valence-corrected chi connectivity index (χ0v) is 14.4. The SMILES string of the molecule is O=S(=O)(NCc1cc(Br)ccc1F)c1ccc(Br)c(F)c1. The molecule has 0 spiro atoms. The number of halogens is 4. The third kappa shape index (κ3) is 4.09. The molecule has 0 saturated heterocycles. The van der Waals surface area contributed by atoms with Crippen LogP contribution in [0, 0.1) is 11.6 Å². The van der Waals surface area contributed by atoms with Crippen LogP contribution in [-0.2, 0) is 16.6 Å². The topological polar surface area (TPSA) is 46.2 Å². The van der Waals surface area contributed by atoms with E-state index in [2.05, 4.69) is 36.6 Å². The highest BCUT2D eigenvalue weighted by molar-refractivity contribution is 9.10. The van der Waals surface area contributed by atoms with Crippen molar-refractivity contribution >= 4 is 41.9 Å². The van der Waals surface area contributed by atoms with Crippen LogP contribution in [0.3, 0.4) is 0 Å². The fourth-order valence-electron chi connectivity index (χ4n) is 1.58. The van der Waals surface area contributed by atoms with Gasteiger partial charge in [0.1, 0.15) is 11.6 Å². The summed E-state index contributed by atoms with van der Waals surface area (Å²) in [6.07, 6.45) is 0. The third-order valence-corrected chi connectivity index (χ3v) is 5.20. The van der Waals surface area contributed by atoms with Crippen LogP contribution in [0.2, 0.25) is 0 Å². The van der Waals surface area contributed by atoms with E-state index in [0.29, 0.717) is 4.47 Å². The first kappa shape index (κ1) is 16.5. The van der Waals surface area contributed by atoms with Gasteiger partial charge in [-0.25, -0.2) is 21.9 Å². The summed E-state index contributed by atoms with van der Waals surface area (Å²) in [6.45, 7) is -0.231. The molecule has 0 bridgehead atoms. The molecule has 2 aromatic carbocycles. The molecule has 3 nitrogen and oxygen atoms in total. The van der Waals surface area contributed by atoms with Crippen molar-refractivity contribution in [1.29, 1.82) is 0 Å². The third-order valence-electron chi connectivity index (χ3n) is 2.66. The lowest BCUT2D eigenvalue weighted by atomic mass is 10.2. The van der Waals surface area contributed by atoms with Gasteiger partial charge in [-0.3, -0.25) is 0 Å². The van der Waals surface area contributed by atoms with Gasteiger partial charge < -0.3 is 0 Å². The quantitative estimate of drug-likeness (QED) is 0.781. The number of benzene rings is 2. The molecule has 2 aromatic rings. The molecule has 2 rings (SSSR count). The van der Waals surface area contributed by atoms with Gasteiger partial charge in [0.2, 0.25) is 10.0 Å². The second-order valence-corrected chi connectivity index (χ2v) is 7.67. The fourth-order valence-corrected chi connectivity index (χ4v) is 3.25. The second-order valence-electron chi connectivity index (χ2n) is 4.14. The summed E-state index contributed by atoms with van der Waals surface area (Å²) in [5, 5.41) is 0. The van der Waals surface area contributed by atoms with Crippen LogP contribution in [-0.4, -0.2) is 8.42 Å². The van der Waals surface area contributed by atoms with Crippen molar-refractivity contribution in [3.05, 3.63) is 62.5 Å². The molecule has 8 heteroatoms. The molecular formula is C13H9Br2F2NO2S. The number of rotatable bonds is 4. The Morgan fingerprint density at radius 1 is 1.00 bits per heavy atom.